The summed E-state index contributed by atoms with van der Waals surface area (Å²) in [5, 5.41) is 6.90. The van der Waals surface area contributed by atoms with Crippen LogP contribution in [0.15, 0.2) is 18.0 Å². The maximum absolute atomic E-state index is 4.57. The Kier molecular flexibility index (Phi) is 6.34. The first-order valence-corrected chi connectivity index (χ1v) is 6.92. The summed E-state index contributed by atoms with van der Waals surface area (Å²) in [6.45, 7) is 9.09. The van der Waals surface area contributed by atoms with Crippen LogP contribution in [0.2, 0.25) is 0 Å². The van der Waals surface area contributed by atoms with Gasteiger partial charge < -0.3 is 5.32 Å². The van der Waals surface area contributed by atoms with E-state index in [0.717, 1.165) is 24.4 Å². The van der Waals surface area contributed by atoms with E-state index < -0.39 is 0 Å². The third-order valence-corrected chi connectivity index (χ3v) is 3.33. The van der Waals surface area contributed by atoms with Crippen LogP contribution in [0.1, 0.15) is 49.4 Å². The van der Waals surface area contributed by atoms with Gasteiger partial charge in [0.25, 0.3) is 0 Å². The third-order valence-electron chi connectivity index (χ3n) is 2.54. The summed E-state index contributed by atoms with van der Waals surface area (Å²) in [7, 11) is 0. The lowest BCUT2D eigenvalue weighted by atomic mass is 10.1. The fraction of sp³-hybridized carbons (Fsp3) is 0.615. The van der Waals surface area contributed by atoms with Gasteiger partial charge >= 0.3 is 0 Å². The molecule has 1 heterocycles. The lowest BCUT2D eigenvalue weighted by molar-refractivity contribution is 0.478. The molecule has 0 aliphatic carbocycles. The Morgan fingerprint density at radius 3 is 3.00 bits per heavy atom. The summed E-state index contributed by atoms with van der Waals surface area (Å²) in [6.07, 6.45) is 6.58. The van der Waals surface area contributed by atoms with Crippen LogP contribution in [-0.4, -0.2) is 11.5 Å². The summed E-state index contributed by atoms with van der Waals surface area (Å²) >= 11 is 1.73. The Labute approximate surface area is 103 Å². The highest BCUT2D eigenvalue weighted by Crippen LogP contribution is 2.21. The van der Waals surface area contributed by atoms with Gasteiger partial charge in [-0.05, 0) is 39.2 Å². The quantitative estimate of drug-likeness (QED) is 0.549. The van der Waals surface area contributed by atoms with Gasteiger partial charge in [0.05, 0.1) is 16.7 Å². The Hall–Kier alpha value is -0.670. The zero-order valence-electron chi connectivity index (χ0n) is 10.3. The molecule has 16 heavy (non-hydrogen) atoms. The second kappa shape index (κ2) is 7.58. The van der Waals surface area contributed by atoms with E-state index in [1.807, 2.05) is 6.08 Å². The predicted octanol–water partition coefficient (Wildman–Crippen LogP) is 3.85. The molecule has 1 atom stereocenters. The fourth-order valence-corrected chi connectivity index (χ4v) is 2.35. The number of rotatable bonds is 8. The highest BCUT2D eigenvalue weighted by molar-refractivity contribution is 7.09. The van der Waals surface area contributed by atoms with Gasteiger partial charge in [-0.1, -0.05) is 13.0 Å². The molecule has 1 aromatic rings. The van der Waals surface area contributed by atoms with Gasteiger partial charge in [0.1, 0.15) is 0 Å². The zero-order chi connectivity index (χ0) is 11.8. The SMILES string of the molecule is C=CCCCC(NCCC)c1csc(C)n1. The average molecular weight is 238 g/mol. The van der Waals surface area contributed by atoms with Crippen LogP contribution in [0, 0.1) is 6.92 Å². The summed E-state index contributed by atoms with van der Waals surface area (Å²) < 4.78 is 0. The number of hydrogen-bond acceptors (Lipinski definition) is 3. The van der Waals surface area contributed by atoms with Gasteiger partial charge in [0, 0.05) is 5.38 Å². The normalized spacial score (nSPS) is 12.6. The van der Waals surface area contributed by atoms with Crippen LogP contribution < -0.4 is 5.32 Å². The van der Waals surface area contributed by atoms with Crippen molar-refractivity contribution < 1.29 is 0 Å². The maximum Gasteiger partial charge on any atom is 0.0898 e. The number of unbranched alkanes of at least 4 members (excludes halogenated alkanes) is 1. The Balaban J connectivity index is 2.52. The minimum absolute atomic E-state index is 0.421. The number of aromatic nitrogens is 1. The number of allylic oxidation sites excluding steroid dienone is 1. The number of nitrogens with one attached hydrogen (secondary N) is 1. The highest BCUT2D eigenvalue weighted by Gasteiger charge is 2.12. The first-order chi connectivity index (χ1) is 7.77. The summed E-state index contributed by atoms with van der Waals surface area (Å²) in [6, 6.07) is 0.421. The number of nitrogens with zero attached hydrogens (tertiary/aromatic N) is 1. The van der Waals surface area contributed by atoms with Crippen molar-refractivity contribution in [1.29, 1.82) is 0 Å². The fourth-order valence-electron chi connectivity index (χ4n) is 1.68. The molecule has 0 bridgehead atoms. The van der Waals surface area contributed by atoms with Gasteiger partial charge in [-0.2, -0.15) is 0 Å². The molecular formula is C13H22N2S. The molecule has 1 N–H and O–H groups in total. The van der Waals surface area contributed by atoms with Crippen molar-refractivity contribution in [2.45, 2.75) is 45.6 Å². The van der Waals surface area contributed by atoms with Crippen molar-refractivity contribution in [2.75, 3.05) is 6.54 Å². The summed E-state index contributed by atoms with van der Waals surface area (Å²) in [4.78, 5) is 4.57. The molecule has 2 nitrogen and oxygen atoms in total. The molecule has 1 aromatic heterocycles. The van der Waals surface area contributed by atoms with E-state index in [2.05, 4.69) is 36.1 Å². The standard InChI is InChI=1S/C13H22N2S/c1-4-6-7-8-12(14-9-5-2)13-10-16-11(3)15-13/h4,10,12,14H,1,5-9H2,2-3H3. The van der Waals surface area contributed by atoms with Gasteiger partial charge in [0.15, 0.2) is 0 Å². The van der Waals surface area contributed by atoms with Crippen molar-refractivity contribution in [3.8, 4) is 0 Å². The van der Waals surface area contributed by atoms with E-state index >= 15 is 0 Å². The van der Waals surface area contributed by atoms with Crippen LogP contribution >= 0.6 is 11.3 Å². The minimum Gasteiger partial charge on any atom is -0.309 e. The summed E-state index contributed by atoms with van der Waals surface area (Å²) in [5.41, 5.74) is 1.21. The molecule has 1 unspecified atom stereocenters. The molecule has 3 heteroatoms. The van der Waals surface area contributed by atoms with Crippen molar-refractivity contribution in [1.82, 2.24) is 10.3 Å². The smallest absolute Gasteiger partial charge is 0.0898 e. The molecule has 0 radical (unpaired) electrons. The third kappa shape index (κ3) is 4.45. The zero-order valence-corrected chi connectivity index (χ0v) is 11.1. The van der Waals surface area contributed by atoms with E-state index in [9.17, 15) is 0 Å². The molecule has 1 rings (SSSR count). The maximum atomic E-state index is 4.57. The van der Waals surface area contributed by atoms with Gasteiger partial charge in [-0.3, -0.25) is 0 Å². The van der Waals surface area contributed by atoms with E-state index in [1.54, 1.807) is 11.3 Å². The lowest BCUT2D eigenvalue weighted by Crippen LogP contribution is -2.22. The molecule has 0 amide bonds. The van der Waals surface area contributed by atoms with Crippen LogP contribution in [0.25, 0.3) is 0 Å². The first kappa shape index (κ1) is 13.4. The van der Waals surface area contributed by atoms with E-state index in [-0.39, 0.29) is 0 Å². The Morgan fingerprint density at radius 1 is 1.62 bits per heavy atom. The molecule has 0 fully saturated rings. The van der Waals surface area contributed by atoms with Crippen LogP contribution in [0.3, 0.4) is 0 Å². The second-order valence-electron chi connectivity index (χ2n) is 4.02. The monoisotopic (exact) mass is 238 g/mol. The minimum atomic E-state index is 0.421. The van der Waals surface area contributed by atoms with Crippen molar-refractivity contribution in [3.05, 3.63) is 28.7 Å². The molecule has 0 spiro atoms. The molecular weight excluding hydrogens is 216 g/mol. The summed E-state index contributed by atoms with van der Waals surface area (Å²) in [5.74, 6) is 0. The van der Waals surface area contributed by atoms with E-state index in [4.69, 9.17) is 0 Å². The van der Waals surface area contributed by atoms with Crippen molar-refractivity contribution in [3.63, 3.8) is 0 Å². The van der Waals surface area contributed by atoms with Crippen molar-refractivity contribution in [2.24, 2.45) is 0 Å². The van der Waals surface area contributed by atoms with Crippen molar-refractivity contribution >= 4 is 11.3 Å². The van der Waals surface area contributed by atoms with Gasteiger partial charge in [-0.25, -0.2) is 4.98 Å². The average Bonchev–Trinajstić information content (AvgIpc) is 2.70. The number of thiazole rings is 1. The number of hydrogen-bond donors (Lipinski definition) is 1. The Morgan fingerprint density at radius 2 is 2.44 bits per heavy atom. The second-order valence-corrected chi connectivity index (χ2v) is 5.08. The Bertz CT molecular complexity index is 307. The molecule has 0 saturated heterocycles. The molecule has 0 aliphatic rings. The molecule has 0 saturated carbocycles. The largest absolute Gasteiger partial charge is 0.309 e. The van der Waals surface area contributed by atoms with Gasteiger partial charge in [0.2, 0.25) is 0 Å². The molecule has 0 aromatic carbocycles. The topological polar surface area (TPSA) is 24.9 Å². The van der Waals surface area contributed by atoms with Crippen LogP contribution in [-0.2, 0) is 0 Å². The van der Waals surface area contributed by atoms with E-state index in [0.29, 0.717) is 6.04 Å². The predicted molar refractivity (Wildman–Crippen MR) is 71.9 cm³/mol. The van der Waals surface area contributed by atoms with Crippen LogP contribution in [0.5, 0.6) is 0 Å². The van der Waals surface area contributed by atoms with Gasteiger partial charge in [-0.15, -0.1) is 17.9 Å². The molecule has 0 aliphatic heterocycles. The molecule has 90 valence electrons. The lowest BCUT2D eigenvalue weighted by Gasteiger charge is -2.15. The highest BCUT2D eigenvalue weighted by atomic mass is 32.1. The number of aryl methyl sites for hydroxylation is 1. The van der Waals surface area contributed by atoms with E-state index in [1.165, 1.54) is 18.5 Å². The van der Waals surface area contributed by atoms with Crippen LogP contribution in [0.4, 0.5) is 0 Å². The first-order valence-electron chi connectivity index (χ1n) is 6.04.